The van der Waals surface area contributed by atoms with Gasteiger partial charge >= 0.3 is 5.69 Å². The van der Waals surface area contributed by atoms with Crippen LogP contribution in [0.1, 0.15) is 15.9 Å². The molecule has 0 saturated heterocycles. The lowest BCUT2D eigenvalue weighted by atomic mass is 10.0. The fourth-order valence-corrected chi connectivity index (χ4v) is 4.60. The molecular formula is C27H24N4O3. The summed E-state index contributed by atoms with van der Waals surface area (Å²) in [5.41, 5.74) is 5.12. The number of rotatable bonds is 5. The lowest BCUT2D eigenvalue weighted by Gasteiger charge is -2.09. The van der Waals surface area contributed by atoms with E-state index in [2.05, 4.69) is 5.32 Å². The van der Waals surface area contributed by atoms with Gasteiger partial charge in [0.2, 0.25) is 0 Å². The van der Waals surface area contributed by atoms with E-state index in [-0.39, 0.29) is 12.2 Å². The highest BCUT2D eigenvalue weighted by atomic mass is 16.2. The number of carbonyl (C=O) groups excluding carboxylic acids is 2. The van der Waals surface area contributed by atoms with Crippen molar-refractivity contribution in [3.8, 4) is 11.3 Å². The highest BCUT2D eigenvalue weighted by Gasteiger charge is 2.26. The van der Waals surface area contributed by atoms with Crippen LogP contribution in [0.2, 0.25) is 0 Å². The highest BCUT2D eigenvalue weighted by molar-refractivity contribution is 6.46. The van der Waals surface area contributed by atoms with Gasteiger partial charge in [0, 0.05) is 38.6 Å². The lowest BCUT2D eigenvalue weighted by molar-refractivity contribution is -0.117. The number of aryl methyl sites for hydroxylation is 3. The first-order valence-electron chi connectivity index (χ1n) is 11.0. The summed E-state index contributed by atoms with van der Waals surface area (Å²) in [6.45, 7) is 0.176. The van der Waals surface area contributed by atoms with Crippen LogP contribution >= 0.6 is 0 Å². The molecule has 0 atom stereocenters. The maximum Gasteiger partial charge on any atom is 0.328 e. The molecule has 34 heavy (non-hydrogen) atoms. The summed E-state index contributed by atoms with van der Waals surface area (Å²) < 4.78 is 5.09. The quantitative estimate of drug-likeness (QED) is 0.327. The van der Waals surface area contributed by atoms with Crippen molar-refractivity contribution in [1.29, 1.82) is 0 Å². The van der Waals surface area contributed by atoms with E-state index in [0.717, 1.165) is 33.1 Å². The molecule has 0 radical (unpaired) electrons. The number of nitrogens with zero attached hydrogens (tertiary/aromatic N) is 3. The Morgan fingerprint density at radius 3 is 2.21 bits per heavy atom. The van der Waals surface area contributed by atoms with E-state index >= 15 is 0 Å². The number of aromatic nitrogens is 3. The molecule has 0 aliphatic rings. The third-order valence-corrected chi connectivity index (χ3v) is 6.38. The second-order valence-electron chi connectivity index (χ2n) is 8.40. The van der Waals surface area contributed by atoms with E-state index in [4.69, 9.17) is 0 Å². The molecule has 0 aliphatic heterocycles. The Labute approximate surface area is 195 Å². The standard InChI is InChI=1S/C27H24N4O3/c1-29-20-12-8-7-11-19(20)23(24(29)18-9-5-4-6-10-18)25(32)26(33)28-16-17-13-14-21-22(15-17)31(3)27(34)30(21)2/h4-15H,16H2,1-3H3,(H,28,33). The van der Waals surface area contributed by atoms with Crippen molar-refractivity contribution in [2.75, 3.05) is 0 Å². The minimum atomic E-state index is -0.671. The number of hydrogen-bond donors (Lipinski definition) is 1. The Bertz CT molecular complexity index is 1640. The van der Waals surface area contributed by atoms with Gasteiger partial charge in [0.25, 0.3) is 11.7 Å². The molecule has 1 amide bonds. The average molecular weight is 453 g/mol. The van der Waals surface area contributed by atoms with E-state index in [9.17, 15) is 14.4 Å². The van der Waals surface area contributed by atoms with Crippen LogP contribution in [-0.2, 0) is 32.5 Å². The van der Waals surface area contributed by atoms with Crippen molar-refractivity contribution < 1.29 is 9.59 Å². The topological polar surface area (TPSA) is 78.0 Å². The number of benzene rings is 3. The summed E-state index contributed by atoms with van der Waals surface area (Å²) in [5, 5.41) is 3.50. The third kappa shape index (κ3) is 3.33. The number of Topliss-reactive ketones (excluding diaryl/α,β-unsaturated/α-hetero) is 1. The van der Waals surface area contributed by atoms with Crippen LogP contribution in [-0.4, -0.2) is 25.4 Å². The number of para-hydroxylation sites is 1. The molecular weight excluding hydrogens is 428 g/mol. The minimum Gasteiger partial charge on any atom is -0.345 e. The molecule has 0 saturated carbocycles. The molecule has 7 nitrogen and oxygen atoms in total. The van der Waals surface area contributed by atoms with Gasteiger partial charge in [-0.05, 0) is 29.3 Å². The molecule has 0 fully saturated rings. The SMILES string of the molecule is Cn1c(-c2ccccc2)c(C(=O)C(=O)NCc2ccc3c(c2)n(C)c(=O)n3C)c2ccccc21. The lowest BCUT2D eigenvalue weighted by Crippen LogP contribution is -2.30. The molecule has 170 valence electrons. The van der Waals surface area contributed by atoms with Crippen LogP contribution in [0.3, 0.4) is 0 Å². The zero-order valence-electron chi connectivity index (χ0n) is 19.2. The molecule has 3 aromatic carbocycles. The summed E-state index contributed by atoms with van der Waals surface area (Å²) in [7, 11) is 5.33. The summed E-state index contributed by atoms with van der Waals surface area (Å²) in [6, 6.07) is 22.7. The third-order valence-electron chi connectivity index (χ3n) is 6.38. The smallest absolute Gasteiger partial charge is 0.328 e. The Morgan fingerprint density at radius 1 is 0.765 bits per heavy atom. The van der Waals surface area contributed by atoms with E-state index < -0.39 is 11.7 Å². The van der Waals surface area contributed by atoms with Gasteiger partial charge in [0.15, 0.2) is 0 Å². The number of fused-ring (bicyclic) bond motifs is 2. The highest BCUT2D eigenvalue weighted by Crippen LogP contribution is 2.33. The van der Waals surface area contributed by atoms with Crippen LogP contribution in [0, 0.1) is 0 Å². The summed E-state index contributed by atoms with van der Waals surface area (Å²) in [6.07, 6.45) is 0. The van der Waals surface area contributed by atoms with Crippen molar-refractivity contribution in [2.24, 2.45) is 21.1 Å². The van der Waals surface area contributed by atoms with Gasteiger partial charge in [-0.25, -0.2) is 4.79 Å². The van der Waals surface area contributed by atoms with Gasteiger partial charge in [-0.3, -0.25) is 18.7 Å². The summed E-state index contributed by atoms with van der Waals surface area (Å²) in [4.78, 5) is 38.6. The van der Waals surface area contributed by atoms with Crippen LogP contribution in [0.15, 0.2) is 77.6 Å². The molecule has 2 aromatic heterocycles. The summed E-state index contributed by atoms with van der Waals surface area (Å²) >= 11 is 0. The molecule has 1 N–H and O–H groups in total. The summed E-state index contributed by atoms with van der Waals surface area (Å²) in [5.74, 6) is -1.25. The molecule has 7 heteroatoms. The second-order valence-corrected chi connectivity index (χ2v) is 8.40. The van der Waals surface area contributed by atoms with Crippen LogP contribution < -0.4 is 11.0 Å². The van der Waals surface area contributed by atoms with Crippen molar-refractivity contribution in [3.05, 3.63) is 94.4 Å². The number of ketones is 1. The van der Waals surface area contributed by atoms with Gasteiger partial charge in [0.05, 0.1) is 22.3 Å². The van der Waals surface area contributed by atoms with Crippen molar-refractivity contribution in [3.63, 3.8) is 0 Å². The number of carbonyl (C=O) groups is 2. The van der Waals surface area contributed by atoms with Gasteiger partial charge < -0.3 is 9.88 Å². The van der Waals surface area contributed by atoms with Crippen LogP contribution in [0.5, 0.6) is 0 Å². The number of nitrogens with one attached hydrogen (secondary N) is 1. The Morgan fingerprint density at radius 2 is 1.44 bits per heavy atom. The van der Waals surface area contributed by atoms with E-state index in [1.54, 1.807) is 23.2 Å². The van der Waals surface area contributed by atoms with Crippen LogP contribution in [0.25, 0.3) is 33.2 Å². The molecule has 5 rings (SSSR count). The van der Waals surface area contributed by atoms with Crippen molar-refractivity contribution in [2.45, 2.75) is 6.54 Å². The molecule has 5 aromatic rings. The predicted octanol–water partition coefficient (Wildman–Crippen LogP) is 3.53. The molecule has 0 unspecified atom stereocenters. The first-order valence-corrected chi connectivity index (χ1v) is 11.0. The van der Waals surface area contributed by atoms with Crippen LogP contribution in [0.4, 0.5) is 0 Å². The monoisotopic (exact) mass is 452 g/mol. The van der Waals surface area contributed by atoms with Crippen molar-refractivity contribution >= 4 is 33.6 Å². The maximum atomic E-state index is 13.4. The molecule has 0 spiro atoms. The zero-order valence-corrected chi connectivity index (χ0v) is 19.2. The largest absolute Gasteiger partial charge is 0.345 e. The fraction of sp³-hybridized carbons (Fsp3) is 0.148. The van der Waals surface area contributed by atoms with Gasteiger partial charge in [-0.15, -0.1) is 0 Å². The number of hydrogen-bond acceptors (Lipinski definition) is 3. The average Bonchev–Trinajstić information content (AvgIpc) is 3.28. The molecule has 0 aliphatic carbocycles. The van der Waals surface area contributed by atoms with E-state index in [0.29, 0.717) is 11.3 Å². The van der Waals surface area contributed by atoms with Crippen molar-refractivity contribution in [1.82, 2.24) is 19.0 Å². The Balaban J connectivity index is 1.48. The first-order chi connectivity index (χ1) is 16.4. The number of imidazole rings is 1. The Hall–Kier alpha value is -4.39. The fourth-order valence-electron chi connectivity index (χ4n) is 4.60. The number of amides is 1. The Kier molecular flexibility index (Phi) is 5.17. The van der Waals surface area contributed by atoms with E-state index in [1.165, 1.54) is 0 Å². The molecule has 0 bridgehead atoms. The predicted molar refractivity (Wildman–Crippen MR) is 133 cm³/mol. The second kappa shape index (κ2) is 8.19. The molecule has 2 heterocycles. The zero-order chi connectivity index (χ0) is 24.0. The van der Waals surface area contributed by atoms with Gasteiger partial charge in [-0.2, -0.15) is 0 Å². The van der Waals surface area contributed by atoms with Gasteiger partial charge in [-0.1, -0.05) is 54.6 Å². The van der Waals surface area contributed by atoms with Gasteiger partial charge in [0.1, 0.15) is 0 Å². The minimum absolute atomic E-state index is 0.115. The normalized spacial score (nSPS) is 11.3. The van der Waals surface area contributed by atoms with E-state index in [1.807, 2.05) is 84.4 Å². The first kappa shape index (κ1) is 21.5. The maximum absolute atomic E-state index is 13.4.